The van der Waals surface area contributed by atoms with Crippen molar-refractivity contribution in [1.82, 2.24) is 0 Å². The topological polar surface area (TPSA) is 75.7 Å². The molecule has 1 rings (SSSR count). The van der Waals surface area contributed by atoms with E-state index in [2.05, 4.69) is 0 Å². The predicted molar refractivity (Wildman–Crippen MR) is 63.1 cm³/mol. The minimum absolute atomic E-state index is 0.105. The zero-order valence-corrected chi connectivity index (χ0v) is 10.1. The molecule has 0 fully saturated rings. The lowest BCUT2D eigenvalue weighted by Gasteiger charge is -2.17. The van der Waals surface area contributed by atoms with Crippen LogP contribution in [0.2, 0.25) is 5.02 Å². The number of hydrogen-bond acceptors (Lipinski definition) is 4. The van der Waals surface area contributed by atoms with Gasteiger partial charge in [-0.3, -0.25) is 0 Å². The summed E-state index contributed by atoms with van der Waals surface area (Å²) in [5.74, 6) is 0.214. The van der Waals surface area contributed by atoms with Crippen molar-refractivity contribution >= 4 is 11.6 Å². The van der Waals surface area contributed by atoms with Crippen molar-refractivity contribution in [1.29, 1.82) is 0 Å². The van der Waals surface area contributed by atoms with Crippen LogP contribution < -0.4 is 10.5 Å². The third-order valence-electron chi connectivity index (χ3n) is 2.48. The van der Waals surface area contributed by atoms with Gasteiger partial charge in [0.05, 0.1) is 24.8 Å². The van der Waals surface area contributed by atoms with Crippen molar-refractivity contribution in [3.63, 3.8) is 0 Å². The number of benzene rings is 1. The summed E-state index contributed by atoms with van der Waals surface area (Å²) in [5, 5.41) is 19.3. The molecule has 0 aliphatic carbocycles. The molecule has 0 saturated heterocycles. The first-order chi connectivity index (χ1) is 7.56. The summed E-state index contributed by atoms with van der Waals surface area (Å²) < 4.78 is 5.03. The van der Waals surface area contributed by atoms with Crippen molar-refractivity contribution in [2.24, 2.45) is 5.73 Å². The molecular formula is C11H16ClNO3. The van der Waals surface area contributed by atoms with Crippen LogP contribution in [0.15, 0.2) is 6.07 Å². The van der Waals surface area contributed by atoms with Crippen LogP contribution in [0, 0.1) is 0 Å². The third-order valence-corrected chi connectivity index (χ3v) is 2.93. The smallest absolute Gasteiger partial charge is 0.164 e. The molecule has 1 atom stereocenters. The third kappa shape index (κ3) is 2.24. The van der Waals surface area contributed by atoms with E-state index in [0.29, 0.717) is 22.8 Å². The van der Waals surface area contributed by atoms with Crippen LogP contribution >= 0.6 is 11.6 Å². The summed E-state index contributed by atoms with van der Waals surface area (Å²) in [7, 11) is 1.46. The largest absolute Gasteiger partial charge is 0.504 e. The second kappa shape index (κ2) is 5.39. The lowest BCUT2D eigenvalue weighted by atomic mass is 10.0. The quantitative estimate of drug-likeness (QED) is 0.753. The number of methoxy groups -OCH3 is 1. The van der Waals surface area contributed by atoms with Crippen LogP contribution in [0.4, 0.5) is 0 Å². The fraction of sp³-hybridized carbons (Fsp3) is 0.455. The average Bonchev–Trinajstić information content (AvgIpc) is 2.29. The van der Waals surface area contributed by atoms with Crippen molar-refractivity contribution in [2.75, 3.05) is 13.7 Å². The number of ether oxygens (including phenoxy) is 1. The van der Waals surface area contributed by atoms with E-state index in [4.69, 9.17) is 27.2 Å². The fourth-order valence-electron chi connectivity index (χ4n) is 1.54. The number of rotatable bonds is 4. The Kier molecular flexibility index (Phi) is 4.41. The normalized spacial score (nSPS) is 12.6. The summed E-state index contributed by atoms with van der Waals surface area (Å²) in [4.78, 5) is 0. The Labute approximate surface area is 99.6 Å². The van der Waals surface area contributed by atoms with E-state index in [1.807, 2.05) is 6.92 Å². The van der Waals surface area contributed by atoms with Crippen molar-refractivity contribution < 1.29 is 14.9 Å². The monoisotopic (exact) mass is 245 g/mol. The minimum Gasteiger partial charge on any atom is -0.504 e. The van der Waals surface area contributed by atoms with Crippen molar-refractivity contribution in [3.05, 3.63) is 22.2 Å². The maximum absolute atomic E-state index is 9.89. The number of hydrogen-bond donors (Lipinski definition) is 3. The maximum Gasteiger partial charge on any atom is 0.164 e. The zero-order chi connectivity index (χ0) is 12.3. The lowest BCUT2D eigenvalue weighted by Crippen LogP contribution is -2.16. The number of phenols is 1. The molecule has 90 valence electrons. The highest BCUT2D eigenvalue weighted by Gasteiger charge is 2.20. The van der Waals surface area contributed by atoms with Crippen molar-refractivity contribution in [3.8, 4) is 11.5 Å². The zero-order valence-electron chi connectivity index (χ0n) is 9.33. The SMILES string of the molecule is CCc1cc(OC)c(O)c(C(N)CO)c1Cl. The van der Waals surface area contributed by atoms with Gasteiger partial charge in [0, 0.05) is 5.56 Å². The molecule has 0 saturated carbocycles. The Balaban J connectivity index is 3.43. The molecule has 0 radical (unpaired) electrons. The van der Waals surface area contributed by atoms with Gasteiger partial charge < -0.3 is 20.7 Å². The Morgan fingerprint density at radius 2 is 2.19 bits per heavy atom. The molecule has 0 aromatic heterocycles. The molecule has 0 bridgehead atoms. The van der Waals surface area contributed by atoms with Gasteiger partial charge in [-0.15, -0.1) is 0 Å². The molecule has 0 amide bonds. The van der Waals surface area contributed by atoms with Gasteiger partial charge >= 0.3 is 0 Å². The molecule has 1 aromatic carbocycles. The highest BCUT2D eigenvalue weighted by atomic mass is 35.5. The number of phenolic OH excluding ortho intramolecular Hbond substituents is 1. The van der Waals surface area contributed by atoms with E-state index < -0.39 is 6.04 Å². The molecule has 0 aliphatic rings. The minimum atomic E-state index is -0.715. The van der Waals surface area contributed by atoms with E-state index in [1.165, 1.54) is 7.11 Å². The highest BCUT2D eigenvalue weighted by molar-refractivity contribution is 6.32. The van der Waals surface area contributed by atoms with E-state index >= 15 is 0 Å². The standard InChI is InChI=1S/C11H16ClNO3/c1-3-6-4-8(16-2)11(15)9(10(6)12)7(13)5-14/h4,7,14-15H,3,5,13H2,1-2H3. The van der Waals surface area contributed by atoms with Gasteiger partial charge in [0.15, 0.2) is 11.5 Å². The van der Waals surface area contributed by atoms with Gasteiger partial charge in [0.25, 0.3) is 0 Å². The second-order valence-corrected chi connectivity index (χ2v) is 3.83. The summed E-state index contributed by atoms with van der Waals surface area (Å²) in [6, 6.07) is 0.957. The van der Waals surface area contributed by atoms with E-state index in [1.54, 1.807) is 6.07 Å². The molecule has 0 spiro atoms. The van der Waals surface area contributed by atoms with Gasteiger partial charge in [-0.1, -0.05) is 18.5 Å². The first kappa shape index (κ1) is 13.1. The van der Waals surface area contributed by atoms with E-state index in [-0.39, 0.29) is 12.4 Å². The number of halogens is 1. The average molecular weight is 246 g/mol. The molecule has 1 unspecified atom stereocenters. The Morgan fingerprint density at radius 1 is 1.56 bits per heavy atom. The van der Waals surface area contributed by atoms with E-state index in [0.717, 1.165) is 5.56 Å². The Bertz CT molecular complexity index is 354. The Hall–Kier alpha value is -0.970. The summed E-state index contributed by atoms with van der Waals surface area (Å²) in [6.07, 6.45) is 0.695. The van der Waals surface area contributed by atoms with Gasteiger partial charge in [-0.2, -0.15) is 0 Å². The molecular weight excluding hydrogens is 230 g/mol. The number of nitrogens with two attached hydrogens (primary N) is 1. The van der Waals surface area contributed by atoms with Gasteiger partial charge in [-0.25, -0.2) is 0 Å². The Morgan fingerprint density at radius 3 is 2.62 bits per heavy atom. The maximum atomic E-state index is 9.89. The number of aliphatic hydroxyl groups is 1. The first-order valence-electron chi connectivity index (χ1n) is 5.01. The summed E-state index contributed by atoms with van der Waals surface area (Å²) >= 11 is 6.11. The van der Waals surface area contributed by atoms with Gasteiger partial charge in [0.1, 0.15) is 0 Å². The fourth-order valence-corrected chi connectivity index (χ4v) is 1.96. The number of aliphatic hydroxyl groups excluding tert-OH is 1. The van der Waals surface area contributed by atoms with Crippen LogP contribution in [-0.2, 0) is 6.42 Å². The van der Waals surface area contributed by atoms with Crippen LogP contribution in [0.25, 0.3) is 0 Å². The molecule has 4 N–H and O–H groups in total. The number of aromatic hydroxyl groups is 1. The van der Waals surface area contributed by atoms with Gasteiger partial charge in [-0.05, 0) is 18.1 Å². The predicted octanol–water partition coefficient (Wildman–Crippen LogP) is 1.61. The van der Waals surface area contributed by atoms with Crippen LogP contribution in [0.3, 0.4) is 0 Å². The molecule has 1 aromatic rings. The summed E-state index contributed by atoms with van der Waals surface area (Å²) in [6.45, 7) is 1.65. The molecule has 4 nitrogen and oxygen atoms in total. The van der Waals surface area contributed by atoms with Crippen LogP contribution in [0.1, 0.15) is 24.1 Å². The molecule has 5 heteroatoms. The van der Waals surface area contributed by atoms with Gasteiger partial charge in [0.2, 0.25) is 0 Å². The van der Waals surface area contributed by atoms with Crippen LogP contribution in [0.5, 0.6) is 11.5 Å². The molecule has 0 heterocycles. The second-order valence-electron chi connectivity index (χ2n) is 3.46. The molecule has 16 heavy (non-hydrogen) atoms. The first-order valence-corrected chi connectivity index (χ1v) is 5.39. The van der Waals surface area contributed by atoms with Crippen LogP contribution in [-0.4, -0.2) is 23.9 Å². The molecule has 0 aliphatic heterocycles. The van der Waals surface area contributed by atoms with E-state index in [9.17, 15) is 5.11 Å². The summed E-state index contributed by atoms with van der Waals surface area (Å²) in [5.41, 5.74) is 6.86. The number of aryl methyl sites for hydroxylation is 1. The lowest BCUT2D eigenvalue weighted by molar-refractivity contribution is 0.264. The highest BCUT2D eigenvalue weighted by Crippen LogP contribution is 2.40. The van der Waals surface area contributed by atoms with Crippen molar-refractivity contribution in [2.45, 2.75) is 19.4 Å².